The Balaban J connectivity index is 1.72. The van der Waals surface area contributed by atoms with Gasteiger partial charge in [-0.25, -0.2) is 4.98 Å². The van der Waals surface area contributed by atoms with E-state index >= 15 is 0 Å². The number of fused-ring (bicyclic) bond motifs is 1. The minimum Gasteiger partial charge on any atom is -0.480 e. The van der Waals surface area contributed by atoms with Crippen LogP contribution in [-0.2, 0) is 24.4 Å². The standard InChI is InChI=1S/C23H30N4O3S/c1-6-27(7-2)13-17-10-8-16(9-11-17)12-24-21(28)20-15(3)19-22(30-5)25-18(14-29-4)26-23(19)31-20/h8-11H,6-7,12-14H2,1-5H3,(H,24,28). The van der Waals surface area contributed by atoms with Gasteiger partial charge in [0.25, 0.3) is 5.91 Å². The first-order valence-electron chi connectivity index (χ1n) is 10.4. The Morgan fingerprint density at radius 2 is 1.77 bits per heavy atom. The third-order valence-corrected chi connectivity index (χ3v) is 6.44. The van der Waals surface area contributed by atoms with Crippen molar-refractivity contribution in [2.45, 2.75) is 40.5 Å². The highest BCUT2D eigenvalue weighted by Crippen LogP contribution is 2.35. The number of rotatable bonds is 10. The maximum absolute atomic E-state index is 12.9. The van der Waals surface area contributed by atoms with E-state index in [1.54, 1.807) is 14.2 Å². The van der Waals surface area contributed by atoms with Gasteiger partial charge in [0, 0.05) is 20.2 Å². The van der Waals surface area contributed by atoms with Crippen molar-refractivity contribution < 1.29 is 14.3 Å². The number of benzene rings is 1. The van der Waals surface area contributed by atoms with Gasteiger partial charge in [-0.2, -0.15) is 4.98 Å². The molecule has 7 nitrogen and oxygen atoms in total. The van der Waals surface area contributed by atoms with E-state index in [-0.39, 0.29) is 12.5 Å². The molecule has 1 N–H and O–H groups in total. The number of thiophene rings is 1. The molecule has 2 aromatic heterocycles. The van der Waals surface area contributed by atoms with Crippen LogP contribution in [0.4, 0.5) is 0 Å². The fraction of sp³-hybridized carbons (Fsp3) is 0.435. The molecule has 0 saturated carbocycles. The van der Waals surface area contributed by atoms with Crippen LogP contribution in [0.2, 0.25) is 0 Å². The van der Waals surface area contributed by atoms with Crippen molar-refractivity contribution >= 4 is 27.5 Å². The Labute approximate surface area is 187 Å². The predicted molar refractivity (Wildman–Crippen MR) is 124 cm³/mol. The zero-order valence-corrected chi connectivity index (χ0v) is 19.6. The Hall–Kier alpha value is -2.55. The summed E-state index contributed by atoms with van der Waals surface area (Å²) in [6.45, 7) is 10.00. The Morgan fingerprint density at radius 1 is 1.10 bits per heavy atom. The van der Waals surface area contributed by atoms with E-state index in [0.717, 1.165) is 41.0 Å². The third-order valence-electron chi connectivity index (χ3n) is 5.25. The van der Waals surface area contributed by atoms with E-state index in [1.165, 1.54) is 16.9 Å². The number of hydrogen-bond acceptors (Lipinski definition) is 7. The van der Waals surface area contributed by atoms with Crippen LogP contribution in [0.15, 0.2) is 24.3 Å². The number of aromatic nitrogens is 2. The van der Waals surface area contributed by atoms with Crippen molar-refractivity contribution in [3.63, 3.8) is 0 Å². The van der Waals surface area contributed by atoms with Gasteiger partial charge in [-0.3, -0.25) is 9.69 Å². The van der Waals surface area contributed by atoms with Crippen LogP contribution in [0, 0.1) is 6.92 Å². The molecule has 0 aliphatic heterocycles. The average molecular weight is 443 g/mol. The number of carbonyl (C=O) groups is 1. The predicted octanol–water partition coefficient (Wildman–Crippen LogP) is 3.93. The van der Waals surface area contributed by atoms with Gasteiger partial charge in [0.1, 0.15) is 11.4 Å². The lowest BCUT2D eigenvalue weighted by Gasteiger charge is -2.18. The van der Waals surface area contributed by atoms with Gasteiger partial charge in [0.2, 0.25) is 5.88 Å². The van der Waals surface area contributed by atoms with Gasteiger partial charge in [-0.1, -0.05) is 38.1 Å². The number of carbonyl (C=O) groups excluding carboxylic acids is 1. The second-order valence-corrected chi connectivity index (χ2v) is 8.28. The third kappa shape index (κ3) is 5.39. The quantitative estimate of drug-likeness (QED) is 0.513. The lowest BCUT2D eigenvalue weighted by atomic mass is 10.1. The number of aryl methyl sites for hydroxylation is 1. The van der Waals surface area contributed by atoms with Crippen molar-refractivity contribution in [3.8, 4) is 5.88 Å². The van der Waals surface area contributed by atoms with Gasteiger partial charge in [-0.15, -0.1) is 11.3 Å². The minimum absolute atomic E-state index is 0.122. The molecule has 2 heterocycles. The van der Waals surface area contributed by atoms with E-state index in [9.17, 15) is 4.79 Å². The van der Waals surface area contributed by atoms with Gasteiger partial charge >= 0.3 is 0 Å². The summed E-state index contributed by atoms with van der Waals surface area (Å²) in [4.78, 5) is 25.5. The molecule has 166 valence electrons. The molecule has 0 aliphatic rings. The smallest absolute Gasteiger partial charge is 0.261 e. The summed E-state index contributed by atoms with van der Waals surface area (Å²) in [5.41, 5.74) is 3.17. The summed E-state index contributed by atoms with van der Waals surface area (Å²) < 4.78 is 10.6. The SMILES string of the molecule is CCN(CC)Cc1ccc(CNC(=O)c2sc3nc(COC)nc(OC)c3c2C)cc1. The fourth-order valence-corrected chi connectivity index (χ4v) is 4.54. The highest BCUT2D eigenvalue weighted by atomic mass is 32.1. The monoisotopic (exact) mass is 442 g/mol. The van der Waals surface area contributed by atoms with Crippen molar-refractivity contribution in [2.75, 3.05) is 27.3 Å². The molecule has 0 unspecified atom stereocenters. The molecule has 3 rings (SSSR count). The van der Waals surface area contributed by atoms with E-state index in [2.05, 4.69) is 58.3 Å². The number of hydrogen-bond donors (Lipinski definition) is 1. The van der Waals surface area contributed by atoms with Crippen LogP contribution in [0.3, 0.4) is 0 Å². The summed E-state index contributed by atoms with van der Waals surface area (Å²) in [6.07, 6.45) is 0. The van der Waals surface area contributed by atoms with Crippen molar-refractivity contribution in [1.29, 1.82) is 0 Å². The molecule has 8 heteroatoms. The molecule has 0 aliphatic carbocycles. The van der Waals surface area contributed by atoms with Gasteiger partial charge < -0.3 is 14.8 Å². The van der Waals surface area contributed by atoms with E-state index in [0.29, 0.717) is 23.1 Å². The Kier molecular flexibility index (Phi) is 7.95. The number of methoxy groups -OCH3 is 2. The highest BCUT2D eigenvalue weighted by molar-refractivity contribution is 7.20. The second-order valence-electron chi connectivity index (χ2n) is 7.28. The highest BCUT2D eigenvalue weighted by Gasteiger charge is 2.21. The Bertz CT molecular complexity index is 1030. The number of nitrogens with one attached hydrogen (secondary N) is 1. The summed E-state index contributed by atoms with van der Waals surface area (Å²) in [5, 5.41) is 3.80. The molecule has 31 heavy (non-hydrogen) atoms. The zero-order chi connectivity index (χ0) is 22.4. The second kappa shape index (κ2) is 10.7. The van der Waals surface area contributed by atoms with Crippen molar-refractivity contribution in [2.24, 2.45) is 0 Å². The van der Waals surface area contributed by atoms with Gasteiger partial charge in [0.15, 0.2) is 5.82 Å². The van der Waals surface area contributed by atoms with Crippen LogP contribution in [0.5, 0.6) is 5.88 Å². The van der Waals surface area contributed by atoms with Crippen LogP contribution in [0.25, 0.3) is 10.2 Å². The zero-order valence-electron chi connectivity index (χ0n) is 18.8. The van der Waals surface area contributed by atoms with Crippen LogP contribution >= 0.6 is 11.3 Å². The van der Waals surface area contributed by atoms with E-state index in [4.69, 9.17) is 9.47 Å². The minimum atomic E-state index is -0.122. The first kappa shape index (κ1) is 23.1. The fourth-order valence-electron chi connectivity index (χ4n) is 3.43. The first-order valence-corrected chi connectivity index (χ1v) is 11.2. The van der Waals surface area contributed by atoms with E-state index in [1.807, 2.05) is 6.92 Å². The molecule has 0 spiro atoms. The first-order chi connectivity index (χ1) is 15.0. The molecule has 0 atom stereocenters. The molecule has 1 aromatic carbocycles. The van der Waals surface area contributed by atoms with Gasteiger partial charge in [0.05, 0.1) is 17.4 Å². The molecule has 0 fully saturated rings. The van der Waals surface area contributed by atoms with Crippen molar-refractivity contribution in [3.05, 3.63) is 51.7 Å². The number of amides is 1. The van der Waals surface area contributed by atoms with Crippen LogP contribution in [-0.4, -0.2) is 48.1 Å². The lowest BCUT2D eigenvalue weighted by molar-refractivity contribution is 0.0954. The van der Waals surface area contributed by atoms with Crippen molar-refractivity contribution in [1.82, 2.24) is 20.2 Å². The molecule has 0 bridgehead atoms. The Morgan fingerprint density at radius 3 is 2.39 bits per heavy atom. The summed E-state index contributed by atoms with van der Waals surface area (Å²) in [6, 6.07) is 8.40. The maximum atomic E-state index is 12.9. The van der Waals surface area contributed by atoms with Crippen LogP contribution < -0.4 is 10.1 Å². The number of ether oxygens (including phenoxy) is 2. The topological polar surface area (TPSA) is 76.6 Å². The summed E-state index contributed by atoms with van der Waals surface area (Å²) >= 11 is 1.35. The summed E-state index contributed by atoms with van der Waals surface area (Å²) in [7, 11) is 3.16. The molecule has 1 amide bonds. The number of nitrogens with zero attached hydrogens (tertiary/aromatic N) is 3. The molecular formula is C23H30N4O3S. The molecular weight excluding hydrogens is 412 g/mol. The van der Waals surface area contributed by atoms with E-state index < -0.39 is 0 Å². The van der Waals surface area contributed by atoms with Crippen LogP contribution in [0.1, 0.15) is 46.0 Å². The normalized spacial score (nSPS) is 11.3. The average Bonchev–Trinajstić information content (AvgIpc) is 3.12. The largest absolute Gasteiger partial charge is 0.480 e. The lowest BCUT2D eigenvalue weighted by Crippen LogP contribution is -2.23. The molecule has 0 saturated heterocycles. The molecule has 0 radical (unpaired) electrons. The molecule has 3 aromatic rings. The van der Waals surface area contributed by atoms with Gasteiger partial charge in [-0.05, 0) is 36.7 Å². The maximum Gasteiger partial charge on any atom is 0.261 e. The summed E-state index contributed by atoms with van der Waals surface area (Å²) in [5.74, 6) is 0.876.